The smallest absolute Gasteiger partial charge is 0.339 e. The molecule has 0 amide bonds. The Morgan fingerprint density at radius 2 is 1.79 bits per heavy atom. The lowest BCUT2D eigenvalue weighted by atomic mass is 9.62. The number of esters is 1. The Hall–Kier alpha value is -2.97. The maximum atomic E-state index is 13.7. The van der Waals surface area contributed by atoms with Crippen LogP contribution in [-0.2, 0) is 10.2 Å². The van der Waals surface area contributed by atoms with Crippen molar-refractivity contribution >= 4 is 11.7 Å². The Labute approximate surface area is 223 Å². The summed E-state index contributed by atoms with van der Waals surface area (Å²) in [5, 5.41) is 12.1. The summed E-state index contributed by atoms with van der Waals surface area (Å²) in [7, 11) is 6.78. The van der Waals surface area contributed by atoms with E-state index in [1.807, 2.05) is 0 Å². The number of aliphatic hydroxyl groups is 1. The number of rotatable bonds is 6. The van der Waals surface area contributed by atoms with E-state index in [0.29, 0.717) is 28.7 Å². The van der Waals surface area contributed by atoms with Crippen molar-refractivity contribution in [1.29, 1.82) is 0 Å². The molecular weight excluding hydrogens is 484 g/mol. The van der Waals surface area contributed by atoms with Gasteiger partial charge in [-0.1, -0.05) is 25.1 Å². The molecule has 1 spiro atoms. The normalized spacial score (nSPS) is 39.1. The van der Waals surface area contributed by atoms with Gasteiger partial charge in [0.15, 0.2) is 17.7 Å². The first-order chi connectivity index (χ1) is 18.4. The fourth-order valence-electron chi connectivity index (χ4n) is 9.37. The van der Waals surface area contributed by atoms with Crippen molar-refractivity contribution in [2.75, 3.05) is 33.3 Å². The molecule has 202 valence electrons. The summed E-state index contributed by atoms with van der Waals surface area (Å²) >= 11 is 0. The average Bonchev–Trinajstić information content (AvgIpc) is 3.33. The molecule has 0 aromatic heterocycles. The first-order valence-corrected chi connectivity index (χ1v) is 13.7. The van der Waals surface area contributed by atoms with Crippen molar-refractivity contribution < 1.29 is 28.8 Å². The van der Waals surface area contributed by atoms with Crippen LogP contribution in [0.3, 0.4) is 0 Å². The zero-order valence-electron chi connectivity index (χ0n) is 22.6. The molecule has 10 unspecified atom stereocenters. The molecule has 1 N–H and O–H groups in total. The number of benzene rings is 2. The molecule has 4 saturated heterocycles. The first kappa shape index (κ1) is 24.1. The highest BCUT2D eigenvalue weighted by atomic mass is 16.6. The molecule has 1 aliphatic carbocycles. The van der Waals surface area contributed by atoms with Crippen molar-refractivity contribution in [1.82, 2.24) is 4.90 Å². The van der Waals surface area contributed by atoms with Gasteiger partial charge in [0, 0.05) is 42.1 Å². The van der Waals surface area contributed by atoms with E-state index in [1.54, 1.807) is 19.2 Å². The van der Waals surface area contributed by atoms with E-state index < -0.39 is 12.1 Å². The van der Waals surface area contributed by atoms with Crippen LogP contribution >= 0.6 is 0 Å². The van der Waals surface area contributed by atoms with Gasteiger partial charge in [0.2, 0.25) is 5.75 Å². The molecule has 5 heterocycles. The first-order valence-electron chi connectivity index (χ1n) is 13.7. The summed E-state index contributed by atoms with van der Waals surface area (Å²) in [4.78, 5) is 18.5. The number of para-hydroxylation sites is 1. The molecule has 8 rings (SSSR count). The molecule has 5 bridgehead atoms. The number of aliphatic hydroxyl groups excluding tert-OH is 1. The van der Waals surface area contributed by atoms with Crippen LogP contribution in [0.15, 0.2) is 36.4 Å². The number of likely N-dealkylation sites (N-methyl/N-ethyl adjacent to an activating group) is 1. The second kappa shape index (κ2) is 8.26. The number of anilines is 1. The lowest BCUT2D eigenvalue weighted by molar-refractivity contribution is -0.211. The van der Waals surface area contributed by atoms with E-state index in [1.165, 1.54) is 25.5 Å². The van der Waals surface area contributed by atoms with E-state index in [-0.39, 0.29) is 41.6 Å². The molecule has 0 radical (unpaired) electrons. The minimum atomic E-state index is -0.399. The molecule has 2 aromatic carbocycles. The second-order valence-electron chi connectivity index (χ2n) is 11.6. The summed E-state index contributed by atoms with van der Waals surface area (Å²) < 4.78 is 22.8. The number of piperidine rings is 4. The Balaban J connectivity index is 1.27. The fourth-order valence-corrected chi connectivity index (χ4v) is 9.37. The maximum Gasteiger partial charge on any atom is 0.339 e. The topological polar surface area (TPSA) is 80.7 Å². The SMILES string of the molecule is CCC1C2CC3C4N(C)c5ccccc5C45CC(C2C5O)N3C1OC(=O)c1cc(OC)c(OC)c(OC)c1. The Bertz CT molecular complexity index is 1270. The van der Waals surface area contributed by atoms with E-state index in [2.05, 4.69) is 48.0 Å². The van der Waals surface area contributed by atoms with Gasteiger partial charge >= 0.3 is 5.97 Å². The molecule has 6 aliphatic rings. The van der Waals surface area contributed by atoms with Crippen LogP contribution in [-0.4, -0.2) is 74.8 Å². The van der Waals surface area contributed by atoms with Gasteiger partial charge < -0.3 is 29.0 Å². The third-order valence-corrected chi connectivity index (χ3v) is 10.6. The maximum absolute atomic E-state index is 13.7. The predicted molar refractivity (Wildman–Crippen MR) is 141 cm³/mol. The van der Waals surface area contributed by atoms with Crippen molar-refractivity contribution in [3.8, 4) is 17.2 Å². The average molecular weight is 521 g/mol. The lowest BCUT2D eigenvalue weighted by Gasteiger charge is -2.63. The zero-order valence-corrected chi connectivity index (χ0v) is 22.6. The third kappa shape index (κ3) is 2.75. The van der Waals surface area contributed by atoms with Crippen molar-refractivity contribution in [2.45, 2.75) is 62.1 Å². The standard InChI is InChI=1S/C30H36N2O6/c1-6-16-17-13-20-26-30(18-9-7-8-10-19(18)31(26)2)14-21(24(17)27(30)33)32(20)28(16)38-29(34)15-11-22(35-3)25(37-5)23(12-15)36-4/h7-12,16-17,20-21,24,26-28,33H,6,13-14H2,1-5H3. The molecular formula is C30H36N2O6. The Kier molecular flexibility index (Phi) is 5.24. The molecule has 5 aliphatic heterocycles. The van der Waals surface area contributed by atoms with Gasteiger partial charge in [-0.3, -0.25) is 4.90 Å². The van der Waals surface area contributed by atoms with Crippen LogP contribution in [0.5, 0.6) is 17.2 Å². The van der Waals surface area contributed by atoms with Crippen molar-refractivity contribution in [2.24, 2.45) is 17.8 Å². The highest BCUT2D eigenvalue weighted by Crippen LogP contribution is 2.69. The number of methoxy groups -OCH3 is 3. The molecule has 8 nitrogen and oxygen atoms in total. The number of ether oxygens (including phenoxy) is 4. The van der Waals surface area contributed by atoms with E-state index >= 15 is 0 Å². The second-order valence-corrected chi connectivity index (χ2v) is 11.6. The third-order valence-electron chi connectivity index (χ3n) is 10.6. The van der Waals surface area contributed by atoms with Crippen LogP contribution < -0.4 is 19.1 Å². The highest BCUT2D eigenvalue weighted by molar-refractivity contribution is 5.91. The molecule has 38 heavy (non-hydrogen) atoms. The summed E-state index contributed by atoms with van der Waals surface area (Å²) in [5.74, 6) is 1.56. The fraction of sp³-hybridized carbons (Fsp3) is 0.567. The Morgan fingerprint density at radius 1 is 1.08 bits per heavy atom. The zero-order chi connectivity index (χ0) is 26.5. The monoisotopic (exact) mass is 520 g/mol. The number of carbonyl (C=O) groups is 1. The van der Waals surface area contributed by atoms with Gasteiger partial charge in [-0.2, -0.15) is 0 Å². The van der Waals surface area contributed by atoms with Gasteiger partial charge in [-0.05, 0) is 48.9 Å². The molecule has 10 atom stereocenters. The van der Waals surface area contributed by atoms with E-state index in [9.17, 15) is 9.90 Å². The van der Waals surface area contributed by atoms with Crippen LogP contribution in [0.4, 0.5) is 5.69 Å². The van der Waals surface area contributed by atoms with Crippen LogP contribution in [0.25, 0.3) is 0 Å². The summed E-state index contributed by atoms with van der Waals surface area (Å²) in [6, 6.07) is 12.5. The van der Waals surface area contributed by atoms with E-state index in [4.69, 9.17) is 18.9 Å². The summed E-state index contributed by atoms with van der Waals surface area (Å²) in [5.41, 5.74) is 2.62. The lowest BCUT2D eigenvalue weighted by Crippen LogP contribution is -2.73. The van der Waals surface area contributed by atoms with Gasteiger partial charge in [0.25, 0.3) is 0 Å². The molecule has 8 heteroatoms. The molecule has 2 aromatic rings. The number of hydrogen-bond acceptors (Lipinski definition) is 8. The minimum Gasteiger partial charge on any atom is -0.493 e. The van der Waals surface area contributed by atoms with E-state index in [0.717, 1.165) is 19.3 Å². The highest BCUT2D eigenvalue weighted by Gasteiger charge is 2.76. The van der Waals surface area contributed by atoms with Crippen molar-refractivity contribution in [3.63, 3.8) is 0 Å². The number of fused-ring (bicyclic) bond motifs is 2. The molecule has 1 saturated carbocycles. The largest absolute Gasteiger partial charge is 0.493 e. The summed E-state index contributed by atoms with van der Waals surface area (Å²) in [6.07, 6.45) is 2.08. The van der Waals surface area contributed by atoms with Crippen LogP contribution in [0, 0.1) is 17.8 Å². The number of hydrogen-bond donors (Lipinski definition) is 1. The van der Waals surface area contributed by atoms with Gasteiger partial charge in [0.05, 0.1) is 39.0 Å². The van der Waals surface area contributed by atoms with Gasteiger partial charge in [0.1, 0.15) is 0 Å². The van der Waals surface area contributed by atoms with Gasteiger partial charge in [-0.15, -0.1) is 0 Å². The number of carbonyl (C=O) groups excluding carboxylic acids is 1. The van der Waals surface area contributed by atoms with Crippen LogP contribution in [0.1, 0.15) is 42.1 Å². The van der Waals surface area contributed by atoms with Gasteiger partial charge in [-0.25, -0.2) is 4.79 Å². The minimum absolute atomic E-state index is 0.154. The predicted octanol–water partition coefficient (Wildman–Crippen LogP) is 3.45. The quantitative estimate of drug-likeness (QED) is 0.581. The Morgan fingerprint density at radius 3 is 2.45 bits per heavy atom. The number of nitrogens with zero attached hydrogens (tertiary/aromatic N) is 2. The van der Waals surface area contributed by atoms with Crippen molar-refractivity contribution in [3.05, 3.63) is 47.5 Å². The van der Waals surface area contributed by atoms with Crippen LogP contribution in [0.2, 0.25) is 0 Å². The summed E-state index contributed by atoms with van der Waals surface area (Å²) in [6.45, 7) is 2.17. The molecule has 5 fully saturated rings.